The molecule has 0 atom stereocenters. The van der Waals surface area contributed by atoms with Crippen molar-refractivity contribution in [1.82, 2.24) is 0 Å². The molecule has 114 valence electrons. The average molecular weight is 303 g/mol. The minimum atomic E-state index is -0.497. The Morgan fingerprint density at radius 2 is 1.52 bits per heavy atom. The zero-order valence-electron chi connectivity index (χ0n) is 12.8. The Bertz CT molecular complexity index is 795. The molecule has 0 unspecified atom stereocenters. The first kappa shape index (κ1) is 14.9. The molecule has 0 saturated heterocycles. The van der Waals surface area contributed by atoms with Crippen LogP contribution in [0.15, 0.2) is 78.9 Å². The zero-order valence-corrected chi connectivity index (χ0v) is 12.8. The summed E-state index contributed by atoms with van der Waals surface area (Å²) in [6.45, 7) is 1.97. The monoisotopic (exact) mass is 303 g/mol. The number of amides is 1. The molecule has 0 saturated carbocycles. The maximum atomic E-state index is 11.9. The molecule has 0 aliphatic carbocycles. The van der Waals surface area contributed by atoms with Gasteiger partial charge < -0.3 is 4.74 Å². The van der Waals surface area contributed by atoms with Gasteiger partial charge in [0.1, 0.15) is 5.75 Å². The quantitative estimate of drug-likeness (QED) is 0.715. The maximum Gasteiger partial charge on any atom is 0.417 e. The van der Waals surface area contributed by atoms with Gasteiger partial charge in [0.05, 0.1) is 0 Å². The SMILES string of the molecule is Cc1cccc(NC(=O)Oc2ccc(-c3ccccc3)cc2)c1. The van der Waals surface area contributed by atoms with Crippen molar-refractivity contribution in [1.29, 1.82) is 0 Å². The number of anilines is 1. The van der Waals surface area contributed by atoms with E-state index in [0.29, 0.717) is 5.75 Å². The van der Waals surface area contributed by atoms with E-state index < -0.39 is 6.09 Å². The molecule has 3 rings (SSSR count). The molecule has 3 heteroatoms. The van der Waals surface area contributed by atoms with Gasteiger partial charge in [-0.2, -0.15) is 0 Å². The van der Waals surface area contributed by atoms with Crippen molar-refractivity contribution in [3.05, 3.63) is 84.4 Å². The number of carbonyl (C=O) groups is 1. The third-order valence-corrected chi connectivity index (χ3v) is 3.44. The molecule has 0 fully saturated rings. The number of ether oxygens (including phenoxy) is 1. The molecule has 3 aromatic rings. The summed E-state index contributed by atoms with van der Waals surface area (Å²) in [5, 5.41) is 2.72. The molecular weight excluding hydrogens is 286 g/mol. The lowest BCUT2D eigenvalue weighted by Gasteiger charge is -2.08. The van der Waals surface area contributed by atoms with Crippen LogP contribution in [0, 0.1) is 6.92 Å². The molecule has 1 amide bonds. The minimum absolute atomic E-state index is 0.497. The molecular formula is C20H17NO2. The summed E-state index contributed by atoms with van der Waals surface area (Å²) in [6, 6.07) is 25.1. The predicted octanol–water partition coefficient (Wildman–Crippen LogP) is 5.27. The van der Waals surface area contributed by atoms with Crippen molar-refractivity contribution >= 4 is 11.8 Å². The largest absolute Gasteiger partial charge is 0.417 e. The third kappa shape index (κ3) is 3.98. The molecule has 1 N–H and O–H groups in total. The number of hydrogen-bond acceptors (Lipinski definition) is 2. The van der Waals surface area contributed by atoms with Crippen LogP contribution in [0.3, 0.4) is 0 Å². The van der Waals surface area contributed by atoms with Crippen LogP contribution in [-0.4, -0.2) is 6.09 Å². The van der Waals surface area contributed by atoms with Gasteiger partial charge in [0.15, 0.2) is 0 Å². The highest BCUT2D eigenvalue weighted by atomic mass is 16.6. The molecule has 0 heterocycles. The van der Waals surface area contributed by atoms with Crippen LogP contribution in [-0.2, 0) is 0 Å². The third-order valence-electron chi connectivity index (χ3n) is 3.44. The number of nitrogens with one attached hydrogen (secondary N) is 1. The number of rotatable bonds is 3. The average Bonchev–Trinajstić information content (AvgIpc) is 2.56. The second kappa shape index (κ2) is 6.79. The van der Waals surface area contributed by atoms with E-state index in [1.54, 1.807) is 12.1 Å². The van der Waals surface area contributed by atoms with E-state index in [1.165, 1.54) is 0 Å². The van der Waals surface area contributed by atoms with Gasteiger partial charge in [-0.05, 0) is 47.9 Å². The van der Waals surface area contributed by atoms with Gasteiger partial charge >= 0.3 is 6.09 Å². The number of benzene rings is 3. The van der Waals surface area contributed by atoms with Gasteiger partial charge in [-0.3, -0.25) is 5.32 Å². The van der Waals surface area contributed by atoms with Gasteiger partial charge in [-0.15, -0.1) is 0 Å². The summed E-state index contributed by atoms with van der Waals surface area (Å²) < 4.78 is 5.30. The first-order chi connectivity index (χ1) is 11.2. The number of aryl methyl sites for hydroxylation is 1. The predicted molar refractivity (Wildman–Crippen MR) is 92.7 cm³/mol. The molecule has 0 radical (unpaired) electrons. The van der Waals surface area contributed by atoms with Crippen LogP contribution in [0.2, 0.25) is 0 Å². The summed E-state index contributed by atoms with van der Waals surface area (Å²) >= 11 is 0. The molecule has 0 aromatic heterocycles. The van der Waals surface area contributed by atoms with Gasteiger partial charge in [0.25, 0.3) is 0 Å². The van der Waals surface area contributed by atoms with Gasteiger partial charge in [-0.25, -0.2) is 4.79 Å². The van der Waals surface area contributed by atoms with E-state index in [0.717, 1.165) is 22.4 Å². The normalized spacial score (nSPS) is 10.1. The second-order valence-electron chi connectivity index (χ2n) is 5.27. The van der Waals surface area contributed by atoms with Crippen molar-refractivity contribution in [3.8, 4) is 16.9 Å². The Morgan fingerprint density at radius 3 is 2.22 bits per heavy atom. The molecule has 23 heavy (non-hydrogen) atoms. The van der Waals surface area contributed by atoms with Crippen molar-refractivity contribution in [2.75, 3.05) is 5.32 Å². The molecule has 3 aromatic carbocycles. The first-order valence-corrected chi connectivity index (χ1v) is 7.42. The summed E-state index contributed by atoms with van der Waals surface area (Å²) in [5.74, 6) is 0.509. The lowest BCUT2D eigenvalue weighted by atomic mass is 10.1. The van der Waals surface area contributed by atoms with Crippen LogP contribution in [0.5, 0.6) is 5.75 Å². The fraction of sp³-hybridized carbons (Fsp3) is 0.0500. The van der Waals surface area contributed by atoms with Crippen molar-refractivity contribution in [3.63, 3.8) is 0 Å². The first-order valence-electron chi connectivity index (χ1n) is 7.42. The van der Waals surface area contributed by atoms with Crippen LogP contribution < -0.4 is 10.1 Å². The Labute approximate surface area is 135 Å². The van der Waals surface area contributed by atoms with E-state index in [-0.39, 0.29) is 0 Å². The minimum Gasteiger partial charge on any atom is -0.410 e. The van der Waals surface area contributed by atoms with E-state index in [1.807, 2.05) is 73.7 Å². The van der Waals surface area contributed by atoms with E-state index in [9.17, 15) is 4.79 Å². The van der Waals surface area contributed by atoms with Crippen LogP contribution in [0.4, 0.5) is 10.5 Å². The van der Waals surface area contributed by atoms with Gasteiger partial charge in [-0.1, -0.05) is 54.6 Å². The van der Waals surface area contributed by atoms with E-state index in [2.05, 4.69) is 5.32 Å². The van der Waals surface area contributed by atoms with Crippen molar-refractivity contribution in [2.24, 2.45) is 0 Å². The molecule has 0 spiro atoms. The highest BCUT2D eigenvalue weighted by Gasteiger charge is 2.05. The summed E-state index contributed by atoms with van der Waals surface area (Å²) in [6.07, 6.45) is -0.497. The van der Waals surface area contributed by atoms with Crippen LogP contribution >= 0.6 is 0 Å². The molecule has 0 aliphatic heterocycles. The van der Waals surface area contributed by atoms with Crippen LogP contribution in [0.1, 0.15) is 5.56 Å². The van der Waals surface area contributed by atoms with Gasteiger partial charge in [0.2, 0.25) is 0 Å². The second-order valence-corrected chi connectivity index (χ2v) is 5.27. The van der Waals surface area contributed by atoms with Crippen LogP contribution in [0.25, 0.3) is 11.1 Å². The molecule has 0 aliphatic rings. The molecule has 0 bridgehead atoms. The Morgan fingerprint density at radius 1 is 0.826 bits per heavy atom. The summed E-state index contributed by atoms with van der Waals surface area (Å²) in [7, 11) is 0. The van der Waals surface area contributed by atoms with E-state index in [4.69, 9.17) is 4.74 Å². The highest BCUT2D eigenvalue weighted by Crippen LogP contribution is 2.22. The standard InChI is InChI=1S/C20H17NO2/c1-15-6-5-9-18(14-15)21-20(22)23-19-12-10-17(11-13-19)16-7-3-2-4-8-16/h2-14H,1H3,(H,21,22). The van der Waals surface area contributed by atoms with Crippen molar-refractivity contribution in [2.45, 2.75) is 6.92 Å². The summed E-state index contributed by atoms with van der Waals surface area (Å²) in [5.41, 5.74) is 4.01. The smallest absolute Gasteiger partial charge is 0.410 e. The van der Waals surface area contributed by atoms with E-state index >= 15 is 0 Å². The Balaban J connectivity index is 1.65. The fourth-order valence-electron chi connectivity index (χ4n) is 2.32. The molecule has 3 nitrogen and oxygen atoms in total. The zero-order chi connectivity index (χ0) is 16.1. The fourth-order valence-corrected chi connectivity index (χ4v) is 2.32. The van der Waals surface area contributed by atoms with Crippen molar-refractivity contribution < 1.29 is 9.53 Å². The number of carbonyl (C=O) groups excluding carboxylic acids is 1. The number of hydrogen-bond donors (Lipinski definition) is 1. The lowest BCUT2D eigenvalue weighted by Crippen LogP contribution is -2.16. The maximum absolute atomic E-state index is 11.9. The highest BCUT2D eigenvalue weighted by molar-refractivity contribution is 5.86. The summed E-state index contributed by atoms with van der Waals surface area (Å²) in [4.78, 5) is 11.9. The Hall–Kier alpha value is -3.07. The topological polar surface area (TPSA) is 38.3 Å². The lowest BCUT2D eigenvalue weighted by molar-refractivity contribution is 0.215. The Kier molecular flexibility index (Phi) is 4.39. The van der Waals surface area contributed by atoms with Gasteiger partial charge in [0, 0.05) is 5.69 Å².